The molecule has 2 aromatic heterocycles. The third-order valence-corrected chi connectivity index (χ3v) is 5.41. The van der Waals surface area contributed by atoms with Gasteiger partial charge in [-0.25, -0.2) is 4.98 Å². The number of nitrogens with one attached hydrogen (secondary N) is 1. The maximum atomic E-state index is 6.54. The van der Waals surface area contributed by atoms with Crippen LogP contribution < -0.4 is 9.64 Å². The molecule has 2 aromatic carbocycles. The first-order valence-corrected chi connectivity index (χ1v) is 10.3. The van der Waals surface area contributed by atoms with E-state index in [1.807, 2.05) is 49.4 Å². The lowest BCUT2D eigenvalue weighted by Crippen LogP contribution is -2.36. The Morgan fingerprint density at radius 2 is 1.83 bits per heavy atom. The maximum absolute atomic E-state index is 6.54. The number of imidazole rings is 1. The highest BCUT2D eigenvalue weighted by atomic mass is 35.5. The molecule has 6 nitrogen and oxygen atoms in total. The Balaban J connectivity index is 1.42. The second-order valence-corrected chi connectivity index (χ2v) is 7.70. The van der Waals surface area contributed by atoms with Crippen LogP contribution in [-0.4, -0.2) is 41.3 Å². The number of nitrogens with zero attached hydrogens (tertiary/aromatic N) is 3. The Hall–Kier alpha value is -3.09. The van der Waals surface area contributed by atoms with Gasteiger partial charge >= 0.3 is 6.01 Å². The van der Waals surface area contributed by atoms with Gasteiger partial charge in [-0.1, -0.05) is 35.9 Å². The molecule has 1 saturated heterocycles. The Labute approximate surface area is 179 Å². The quantitative estimate of drug-likeness (QED) is 0.490. The van der Waals surface area contributed by atoms with Crippen molar-refractivity contribution in [3.05, 3.63) is 65.2 Å². The van der Waals surface area contributed by atoms with E-state index in [0.717, 1.165) is 48.7 Å². The minimum atomic E-state index is 0.388. The molecule has 0 amide bonds. The van der Waals surface area contributed by atoms with Gasteiger partial charge < -0.3 is 19.4 Å². The highest BCUT2D eigenvalue weighted by Crippen LogP contribution is 2.31. The second-order valence-electron chi connectivity index (χ2n) is 7.30. The van der Waals surface area contributed by atoms with E-state index < -0.39 is 0 Å². The van der Waals surface area contributed by atoms with Crippen molar-refractivity contribution in [2.24, 2.45) is 0 Å². The van der Waals surface area contributed by atoms with E-state index in [1.54, 1.807) is 0 Å². The molecule has 1 aliphatic heterocycles. The summed E-state index contributed by atoms with van der Waals surface area (Å²) < 4.78 is 11.3. The van der Waals surface area contributed by atoms with Crippen LogP contribution >= 0.6 is 11.6 Å². The van der Waals surface area contributed by atoms with Crippen LogP contribution in [0.4, 0.5) is 5.69 Å². The van der Waals surface area contributed by atoms with E-state index in [4.69, 9.17) is 21.1 Å². The van der Waals surface area contributed by atoms with Crippen LogP contribution in [0.3, 0.4) is 0 Å². The minimum absolute atomic E-state index is 0.388. The molecular weight excluding hydrogens is 400 g/mol. The van der Waals surface area contributed by atoms with E-state index in [0.29, 0.717) is 22.4 Å². The van der Waals surface area contributed by atoms with Gasteiger partial charge in [-0.15, -0.1) is 0 Å². The number of aryl methyl sites for hydroxylation is 1. The monoisotopic (exact) mass is 420 g/mol. The van der Waals surface area contributed by atoms with E-state index >= 15 is 0 Å². The van der Waals surface area contributed by atoms with Crippen LogP contribution in [0.1, 0.15) is 5.56 Å². The van der Waals surface area contributed by atoms with Gasteiger partial charge in [0.25, 0.3) is 0 Å². The lowest BCUT2D eigenvalue weighted by atomic mass is 10.1. The third kappa shape index (κ3) is 3.84. The maximum Gasteiger partial charge on any atom is 0.301 e. The molecule has 0 unspecified atom stereocenters. The highest BCUT2D eigenvalue weighted by molar-refractivity contribution is 6.33. The summed E-state index contributed by atoms with van der Waals surface area (Å²) in [6.45, 7) is 5.35. The molecule has 1 aliphatic rings. The molecule has 3 heterocycles. The number of hydrogen-bond donors (Lipinski definition) is 1. The molecule has 152 valence electrons. The van der Waals surface area contributed by atoms with Gasteiger partial charge in [-0.2, -0.15) is 4.98 Å². The fraction of sp³-hybridized carbons (Fsp3) is 0.217. The molecule has 1 N–H and O–H groups in total. The number of H-pyrrole nitrogens is 1. The topological polar surface area (TPSA) is 63.3 Å². The molecule has 0 spiro atoms. The smallest absolute Gasteiger partial charge is 0.301 e. The van der Waals surface area contributed by atoms with Crippen LogP contribution in [-0.2, 0) is 4.74 Å². The van der Waals surface area contributed by atoms with Crippen LogP contribution in [0.5, 0.6) is 11.8 Å². The number of aromatic amines is 1. The first-order chi connectivity index (χ1) is 14.7. The Bertz CT molecular complexity index is 1180. The number of morpholine rings is 1. The largest absolute Gasteiger partial charge is 0.426 e. The number of pyridine rings is 1. The van der Waals surface area contributed by atoms with Crippen molar-refractivity contribution in [1.29, 1.82) is 0 Å². The van der Waals surface area contributed by atoms with Gasteiger partial charge in [0.2, 0.25) is 0 Å². The number of hydrogen-bond acceptors (Lipinski definition) is 5. The van der Waals surface area contributed by atoms with E-state index in [1.165, 1.54) is 5.69 Å². The molecular formula is C23H21ClN4O2. The number of rotatable bonds is 4. The Kier molecular flexibility index (Phi) is 5.02. The van der Waals surface area contributed by atoms with Crippen molar-refractivity contribution in [1.82, 2.24) is 15.0 Å². The first kappa shape index (κ1) is 18.9. The molecule has 0 saturated carbocycles. The normalized spacial score (nSPS) is 14.3. The van der Waals surface area contributed by atoms with E-state index in [9.17, 15) is 0 Å². The van der Waals surface area contributed by atoms with Crippen molar-refractivity contribution in [3.63, 3.8) is 0 Å². The number of halogens is 1. The summed E-state index contributed by atoms with van der Waals surface area (Å²) in [5.74, 6) is 0.721. The predicted molar refractivity (Wildman–Crippen MR) is 119 cm³/mol. The summed E-state index contributed by atoms with van der Waals surface area (Å²) in [5, 5.41) is 0.562. The summed E-state index contributed by atoms with van der Waals surface area (Å²) in [7, 11) is 0. The van der Waals surface area contributed by atoms with Crippen molar-refractivity contribution in [2.45, 2.75) is 6.92 Å². The minimum Gasteiger partial charge on any atom is -0.426 e. The van der Waals surface area contributed by atoms with Gasteiger partial charge in [0.1, 0.15) is 5.75 Å². The van der Waals surface area contributed by atoms with E-state index in [2.05, 4.69) is 32.0 Å². The van der Waals surface area contributed by atoms with E-state index in [-0.39, 0.29) is 0 Å². The molecule has 0 aliphatic carbocycles. The lowest BCUT2D eigenvalue weighted by Gasteiger charge is -2.28. The number of anilines is 1. The zero-order valence-corrected chi connectivity index (χ0v) is 17.3. The second kappa shape index (κ2) is 7.97. The Morgan fingerprint density at radius 1 is 1.03 bits per heavy atom. The van der Waals surface area contributed by atoms with Crippen LogP contribution in [0.15, 0.2) is 54.6 Å². The zero-order chi connectivity index (χ0) is 20.5. The summed E-state index contributed by atoms with van der Waals surface area (Å²) in [4.78, 5) is 14.6. The number of fused-ring (bicyclic) bond motifs is 1. The third-order valence-electron chi connectivity index (χ3n) is 5.13. The summed E-state index contributed by atoms with van der Waals surface area (Å²) >= 11 is 6.54. The molecule has 5 rings (SSSR count). The molecule has 0 bridgehead atoms. The summed E-state index contributed by atoms with van der Waals surface area (Å²) in [5.41, 5.74) is 5.24. The Morgan fingerprint density at radius 3 is 2.60 bits per heavy atom. The molecule has 0 atom stereocenters. The zero-order valence-electron chi connectivity index (χ0n) is 16.6. The molecule has 7 heteroatoms. The van der Waals surface area contributed by atoms with Crippen LogP contribution in [0, 0.1) is 6.92 Å². The van der Waals surface area contributed by atoms with Gasteiger partial charge in [0, 0.05) is 24.3 Å². The SMILES string of the molecule is Cc1cccc(Oc2nc3nc(-c4ccc(N5CCOCC5)cc4)c(Cl)cc3[nH]2)c1. The first-order valence-electron chi connectivity index (χ1n) is 9.90. The number of benzene rings is 2. The average Bonchev–Trinajstić information content (AvgIpc) is 3.15. The number of ether oxygens (including phenoxy) is 2. The predicted octanol–water partition coefficient (Wildman–Crippen LogP) is 5.22. The fourth-order valence-corrected chi connectivity index (χ4v) is 3.85. The lowest BCUT2D eigenvalue weighted by molar-refractivity contribution is 0.122. The number of aromatic nitrogens is 3. The molecule has 30 heavy (non-hydrogen) atoms. The highest BCUT2D eigenvalue weighted by Gasteiger charge is 2.14. The van der Waals surface area contributed by atoms with Gasteiger partial charge in [-0.05, 0) is 42.8 Å². The van der Waals surface area contributed by atoms with Crippen molar-refractivity contribution in [3.8, 4) is 23.0 Å². The summed E-state index contributed by atoms with van der Waals surface area (Å²) in [6.07, 6.45) is 0. The fourth-order valence-electron chi connectivity index (χ4n) is 3.59. The standard InChI is InChI=1S/C23H21ClN4O2/c1-15-3-2-4-18(13-15)30-23-25-20-14-19(24)21(26-22(20)27-23)16-5-7-17(8-6-16)28-9-11-29-12-10-28/h2-8,13-14H,9-12H2,1H3,(H,25,26,27). The molecule has 0 radical (unpaired) electrons. The van der Waals surface area contributed by atoms with Gasteiger partial charge in [0.05, 0.1) is 29.4 Å². The average molecular weight is 421 g/mol. The van der Waals surface area contributed by atoms with Crippen molar-refractivity contribution < 1.29 is 9.47 Å². The van der Waals surface area contributed by atoms with Gasteiger partial charge in [0.15, 0.2) is 5.65 Å². The molecule has 4 aromatic rings. The van der Waals surface area contributed by atoms with Gasteiger partial charge in [-0.3, -0.25) is 0 Å². The van der Waals surface area contributed by atoms with Crippen LogP contribution in [0.2, 0.25) is 5.02 Å². The summed E-state index contributed by atoms with van der Waals surface area (Å²) in [6, 6.07) is 18.3. The molecule has 1 fully saturated rings. The van der Waals surface area contributed by atoms with Crippen molar-refractivity contribution >= 4 is 28.5 Å². The van der Waals surface area contributed by atoms with Crippen LogP contribution in [0.25, 0.3) is 22.4 Å². The van der Waals surface area contributed by atoms with Crippen molar-refractivity contribution in [2.75, 3.05) is 31.2 Å².